The van der Waals surface area contributed by atoms with Crippen LogP contribution in [0.5, 0.6) is 0 Å². The van der Waals surface area contributed by atoms with Crippen LogP contribution in [0.15, 0.2) is 12.3 Å². The predicted molar refractivity (Wildman–Crippen MR) is 62.4 cm³/mol. The van der Waals surface area contributed by atoms with E-state index in [1.807, 2.05) is 13.0 Å². The van der Waals surface area contributed by atoms with Crippen molar-refractivity contribution in [1.29, 1.82) is 0 Å². The number of rotatable bonds is 3. The van der Waals surface area contributed by atoms with E-state index in [1.165, 1.54) is 0 Å². The maximum Gasteiger partial charge on any atom is 0.187 e. The van der Waals surface area contributed by atoms with Crippen molar-refractivity contribution < 1.29 is 4.79 Å². The van der Waals surface area contributed by atoms with E-state index in [-0.39, 0.29) is 11.2 Å². The van der Waals surface area contributed by atoms with Gasteiger partial charge in [-0.25, -0.2) is 0 Å². The Kier molecular flexibility index (Phi) is 3.10. The Bertz CT molecular complexity index is 377. The van der Waals surface area contributed by atoms with E-state index in [0.29, 0.717) is 0 Å². The summed E-state index contributed by atoms with van der Waals surface area (Å²) in [5, 5.41) is 7.46. The van der Waals surface area contributed by atoms with E-state index in [2.05, 4.69) is 17.3 Å². The SMILES string of the molecule is CCn1nccc1C(=O)C1(C)CCCNC1. The van der Waals surface area contributed by atoms with Crippen LogP contribution in [0.2, 0.25) is 0 Å². The molecule has 1 aromatic rings. The Morgan fingerprint density at radius 3 is 3.12 bits per heavy atom. The molecule has 0 radical (unpaired) electrons. The molecule has 0 amide bonds. The van der Waals surface area contributed by atoms with Gasteiger partial charge in [0.15, 0.2) is 5.78 Å². The number of aryl methyl sites for hydroxylation is 1. The predicted octanol–water partition coefficient (Wildman–Crippen LogP) is 1.48. The number of ketones is 1. The highest BCUT2D eigenvalue weighted by atomic mass is 16.1. The van der Waals surface area contributed by atoms with Crippen molar-refractivity contribution in [3.05, 3.63) is 18.0 Å². The van der Waals surface area contributed by atoms with Gasteiger partial charge in [-0.2, -0.15) is 5.10 Å². The second-order valence-corrected chi connectivity index (χ2v) is 4.70. The molecule has 1 aliphatic heterocycles. The Morgan fingerprint density at radius 1 is 1.69 bits per heavy atom. The molecule has 2 heterocycles. The number of hydrogen-bond acceptors (Lipinski definition) is 3. The van der Waals surface area contributed by atoms with E-state index >= 15 is 0 Å². The fourth-order valence-corrected chi connectivity index (χ4v) is 2.34. The van der Waals surface area contributed by atoms with Gasteiger partial charge in [0.1, 0.15) is 5.69 Å². The van der Waals surface area contributed by atoms with Gasteiger partial charge in [-0.1, -0.05) is 6.92 Å². The van der Waals surface area contributed by atoms with E-state index in [1.54, 1.807) is 10.9 Å². The Balaban J connectivity index is 2.24. The lowest BCUT2D eigenvalue weighted by molar-refractivity contribution is 0.0761. The minimum atomic E-state index is -0.259. The largest absolute Gasteiger partial charge is 0.316 e. The lowest BCUT2D eigenvalue weighted by atomic mass is 9.78. The number of aromatic nitrogens is 2. The van der Waals surface area contributed by atoms with Crippen molar-refractivity contribution in [2.45, 2.75) is 33.2 Å². The average molecular weight is 221 g/mol. The van der Waals surface area contributed by atoms with Crippen molar-refractivity contribution in [2.24, 2.45) is 5.41 Å². The molecular weight excluding hydrogens is 202 g/mol. The molecule has 0 bridgehead atoms. The summed E-state index contributed by atoms with van der Waals surface area (Å²) in [6.07, 6.45) is 3.74. The first kappa shape index (κ1) is 11.3. The molecule has 1 fully saturated rings. The summed E-state index contributed by atoms with van der Waals surface area (Å²) < 4.78 is 1.78. The molecule has 1 aliphatic rings. The van der Waals surface area contributed by atoms with Gasteiger partial charge in [-0.15, -0.1) is 0 Å². The fourth-order valence-electron chi connectivity index (χ4n) is 2.34. The standard InChI is InChI=1S/C12H19N3O/c1-3-15-10(5-8-14-15)11(16)12(2)6-4-7-13-9-12/h5,8,13H,3-4,6-7,9H2,1-2H3. The molecule has 4 nitrogen and oxygen atoms in total. The highest BCUT2D eigenvalue weighted by Gasteiger charge is 2.36. The van der Waals surface area contributed by atoms with Crippen molar-refractivity contribution in [2.75, 3.05) is 13.1 Å². The third-order valence-corrected chi connectivity index (χ3v) is 3.39. The van der Waals surface area contributed by atoms with Crippen molar-refractivity contribution >= 4 is 5.78 Å². The van der Waals surface area contributed by atoms with Crippen molar-refractivity contribution in [3.8, 4) is 0 Å². The third-order valence-electron chi connectivity index (χ3n) is 3.39. The maximum absolute atomic E-state index is 12.5. The number of nitrogens with one attached hydrogen (secondary N) is 1. The molecule has 2 rings (SSSR count). The van der Waals surface area contributed by atoms with Gasteiger partial charge >= 0.3 is 0 Å². The van der Waals surface area contributed by atoms with Crippen LogP contribution in [0.1, 0.15) is 37.2 Å². The zero-order valence-corrected chi connectivity index (χ0v) is 9.99. The molecule has 1 saturated heterocycles. The Hall–Kier alpha value is -1.16. The van der Waals surface area contributed by atoms with Gasteiger partial charge in [0.05, 0.1) is 0 Å². The second kappa shape index (κ2) is 4.37. The third kappa shape index (κ3) is 1.89. The number of piperidine rings is 1. The molecule has 16 heavy (non-hydrogen) atoms. The molecule has 1 aromatic heterocycles. The molecule has 0 saturated carbocycles. The molecule has 0 aliphatic carbocycles. The summed E-state index contributed by atoms with van der Waals surface area (Å²) in [6, 6.07) is 1.83. The quantitative estimate of drug-likeness (QED) is 0.786. The minimum Gasteiger partial charge on any atom is -0.316 e. The first-order valence-electron chi connectivity index (χ1n) is 5.95. The monoisotopic (exact) mass is 221 g/mol. The molecule has 0 aromatic carbocycles. The van der Waals surface area contributed by atoms with Gasteiger partial charge < -0.3 is 5.32 Å². The maximum atomic E-state index is 12.5. The topological polar surface area (TPSA) is 46.9 Å². The first-order chi connectivity index (χ1) is 7.67. The fraction of sp³-hybridized carbons (Fsp3) is 0.667. The summed E-state index contributed by atoms with van der Waals surface area (Å²) >= 11 is 0. The van der Waals surface area contributed by atoms with Gasteiger partial charge in [0.2, 0.25) is 0 Å². The van der Waals surface area contributed by atoms with Crippen LogP contribution in [0.3, 0.4) is 0 Å². The summed E-state index contributed by atoms with van der Waals surface area (Å²) in [5.41, 5.74) is 0.485. The van der Waals surface area contributed by atoms with E-state index < -0.39 is 0 Å². The first-order valence-corrected chi connectivity index (χ1v) is 5.95. The van der Waals surface area contributed by atoms with Crippen LogP contribution < -0.4 is 5.32 Å². The highest BCUT2D eigenvalue weighted by Crippen LogP contribution is 2.29. The number of carbonyl (C=O) groups is 1. The lowest BCUT2D eigenvalue weighted by Gasteiger charge is -2.32. The highest BCUT2D eigenvalue weighted by molar-refractivity contribution is 5.99. The van der Waals surface area contributed by atoms with Crippen molar-refractivity contribution in [1.82, 2.24) is 15.1 Å². The molecular formula is C12H19N3O. The van der Waals surface area contributed by atoms with Gasteiger partial charge in [0, 0.05) is 24.7 Å². The van der Waals surface area contributed by atoms with Gasteiger partial charge in [-0.3, -0.25) is 9.48 Å². The Morgan fingerprint density at radius 2 is 2.50 bits per heavy atom. The van der Waals surface area contributed by atoms with E-state index in [0.717, 1.165) is 38.2 Å². The van der Waals surface area contributed by atoms with E-state index in [9.17, 15) is 4.79 Å². The molecule has 1 atom stereocenters. The minimum absolute atomic E-state index is 0.221. The van der Waals surface area contributed by atoms with Crippen LogP contribution in [-0.4, -0.2) is 28.7 Å². The Labute approximate surface area is 96.0 Å². The van der Waals surface area contributed by atoms with Crippen LogP contribution in [-0.2, 0) is 6.54 Å². The van der Waals surface area contributed by atoms with E-state index in [4.69, 9.17) is 0 Å². The van der Waals surface area contributed by atoms with Crippen LogP contribution in [0, 0.1) is 5.41 Å². The van der Waals surface area contributed by atoms with Crippen molar-refractivity contribution in [3.63, 3.8) is 0 Å². The van der Waals surface area contributed by atoms with Gasteiger partial charge in [0.25, 0.3) is 0 Å². The lowest BCUT2D eigenvalue weighted by Crippen LogP contribution is -2.44. The number of hydrogen-bond donors (Lipinski definition) is 1. The van der Waals surface area contributed by atoms with Crippen LogP contribution in [0.25, 0.3) is 0 Å². The zero-order chi connectivity index (χ0) is 11.6. The molecule has 1 N–H and O–H groups in total. The smallest absolute Gasteiger partial charge is 0.187 e. The summed E-state index contributed by atoms with van der Waals surface area (Å²) in [6.45, 7) is 6.61. The second-order valence-electron chi connectivity index (χ2n) is 4.70. The summed E-state index contributed by atoms with van der Waals surface area (Å²) in [5.74, 6) is 0.221. The van der Waals surface area contributed by atoms with Crippen LogP contribution >= 0.6 is 0 Å². The molecule has 4 heteroatoms. The normalized spacial score (nSPS) is 25.6. The van der Waals surface area contributed by atoms with Crippen LogP contribution in [0.4, 0.5) is 0 Å². The van der Waals surface area contributed by atoms with Gasteiger partial charge in [-0.05, 0) is 32.4 Å². The average Bonchev–Trinajstić information content (AvgIpc) is 2.77. The number of Topliss-reactive ketones (excluding diaryl/α,β-unsaturated/α-hetero) is 1. The molecule has 1 unspecified atom stereocenters. The number of nitrogens with zero attached hydrogens (tertiary/aromatic N) is 2. The molecule has 0 spiro atoms. The summed E-state index contributed by atoms with van der Waals surface area (Å²) in [7, 11) is 0. The molecule has 88 valence electrons. The summed E-state index contributed by atoms with van der Waals surface area (Å²) in [4.78, 5) is 12.5. The number of carbonyl (C=O) groups excluding carboxylic acids is 1. The zero-order valence-electron chi connectivity index (χ0n) is 9.99.